The average molecular weight is 302 g/mol. The summed E-state index contributed by atoms with van der Waals surface area (Å²) < 4.78 is 0. The number of rotatable bonds is 5. The summed E-state index contributed by atoms with van der Waals surface area (Å²) >= 11 is 1.83. The first-order valence-electron chi connectivity index (χ1n) is 7.69. The van der Waals surface area contributed by atoms with Gasteiger partial charge in [-0.2, -0.15) is 0 Å². The Morgan fingerprint density at radius 3 is 2.62 bits per heavy atom. The van der Waals surface area contributed by atoms with Crippen LogP contribution in [0.5, 0.6) is 0 Å². The second kappa shape index (κ2) is 6.71. The van der Waals surface area contributed by atoms with Crippen molar-refractivity contribution in [3.63, 3.8) is 0 Å². The van der Waals surface area contributed by atoms with E-state index in [1.807, 2.05) is 11.3 Å². The Morgan fingerprint density at radius 2 is 2.00 bits per heavy atom. The van der Waals surface area contributed by atoms with Crippen LogP contribution in [-0.2, 0) is 12.0 Å². The van der Waals surface area contributed by atoms with Gasteiger partial charge in [-0.1, -0.05) is 51.5 Å². The van der Waals surface area contributed by atoms with Crippen LogP contribution in [0.25, 0.3) is 10.6 Å². The maximum absolute atomic E-state index is 4.95. The number of hydrogen-bond donors (Lipinski definition) is 1. The maximum atomic E-state index is 4.95. The summed E-state index contributed by atoms with van der Waals surface area (Å²) in [5.74, 6) is 0. The molecule has 0 saturated carbocycles. The zero-order valence-electron chi connectivity index (χ0n) is 13.8. The summed E-state index contributed by atoms with van der Waals surface area (Å²) in [4.78, 5) is 6.32. The molecule has 1 aromatic carbocycles. The van der Waals surface area contributed by atoms with Gasteiger partial charge in [0.15, 0.2) is 0 Å². The number of thiazole rings is 1. The summed E-state index contributed by atoms with van der Waals surface area (Å²) in [6.45, 7) is 13.0. The lowest BCUT2D eigenvalue weighted by atomic mass is 9.91. The van der Waals surface area contributed by atoms with Gasteiger partial charge in [-0.15, -0.1) is 11.3 Å². The Labute approximate surface area is 132 Å². The maximum Gasteiger partial charge on any atom is 0.123 e. The molecule has 3 heteroatoms. The third-order valence-electron chi connectivity index (χ3n) is 3.39. The van der Waals surface area contributed by atoms with E-state index in [0.717, 1.165) is 24.5 Å². The Hall–Kier alpha value is -1.19. The van der Waals surface area contributed by atoms with Crippen LogP contribution in [0.3, 0.4) is 0 Å². The van der Waals surface area contributed by atoms with Crippen LogP contribution in [0.2, 0.25) is 0 Å². The first-order valence-corrected chi connectivity index (χ1v) is 8.51. The molecule has 0 amide bonds. The van der Waals surface area contributed by atoms with E-state index in [0.29, 0.717) is 0 Å². The smallest absolute Gasteiger partial charge is 0.123 e. The lowest BCUT2D eigenvalue weighted by Crippen LogP contribution is -2.19. The average Bonchev–Trinajstić information content (AvgIpc) is 2.83. The number of benzene rings is 1. The highest BCUT2D eigenvalue weighted by Gasteiger charge is 2.23. The predicted molar refractivity (Wildman–Crippen MR) is 93.0 cm³/mol. The van der Waals surface area contributed by atoms with Gasteiger partial charge in [0.05, 0.1) is 5.69 Å². The zero-order valence-corrected chi connectivity index (χ0v) is 14.6. The molecule has 0 unspecified atom stereocenters. The molecule has 0 aliphatic heterocycles. The predicted octanol–water partition coefficient (Wildman–Crippen LogP) is 4.92. The highest BCUT2D eigenvalue weighted by Crippen LogP contribution is 2.34. The van der Waals surface area contributed by atoms with Gasteiger partial charge in [-0.3, -0.25) is 0 Å². The van der Waals surface area contributed by atoms with Crippen molar-refractivity contribution >= 4 is 11.3 Å². The fourth-order valence-electron chi connectivity index (χ4n) is 2.34. The van der Waals surface area contributed by atoms with Crippen LogP contribution in [0, 0.1) is 6.92 Å². The number of nitrogens with one attached hydrogen (secondary N) is 1. The monoisotopic (exact) mass is 302 g/mol. The highest BCUT2D eigenvalue weighted by atomic mass is 32.1. The van der Waals surface area contributed by atoms with E-state index < -0.39 is 0 Å². The second-order valence-electron chi connectivity index (χ2n) is 6.59. The lowest BCUT2D eigenvalue weighted by molar-refractivity contribution is 0.559. The summed E-state index contributed by atoms with van der Waals surface area (Å²) in [5.41, 5.74) is 3.83. The minimum absolute atomic E-state index is 0.0851. The minimum Gasteiger partial charge on any atom is -0.312 e. The number of aromatic nitrogens is 1. The Bertz CT molecular complexity index is 594. The van der Waals surface area contributed by atoms with Gasteiger partial charge in [0.1, 0.15) is 5.01 Å². The normalized spacial score (nSPS) is 11.9. The number of hydrogen-bond acceptors (Lipinski definition) is 3. The molecule has 0 aliphatic rings. The third kappa shape index (κ3) is 4.14. The van der Waals surface area contributed by atoms with E-state index in [9.17, 15) is 0 Å². The molecule has 0 radical (unpaired) electrons. The van der Waals surface area contributed by atoms with Crippen molar-refractivity contribution in [1.82, 2.24) is 10.3 Å². The summed E-state index contributed by atoms with van der Waals surface area (Å²) in [6, 6.07) is 8.61. The van der Waals surface area contributed by atoms with Crippen LogP contribution in [0.4, 0.5) is 0 Å². The summed E-state index contributed by atoms with van der Waals surface area (Å²) in [5, 5.41) is 4.65. The van der Waals surface area contributed by atoms with Gasteiger partial charge in [0.25, 0.3) is 0 Å². The third-order valence-corrected chi connectivity index (χ3v) is 4.49. The minimum atomic E-state index is 0.0851. The molecule has 0 saturated heterocycles. The molecule has 2 aromatic rings. The van der Waals surface area contributed by atoms with Crippen LogP contribution in [-0.4, -0.2) is 11.5 Å². The molecule has 2 nitrogen and oxygen atoms in total. The van der Waals surface area contributed by atoms with Gasteiger partial charge in [0.2, 0.25) is 0 Å². The van der Waals surface area contributed by atoms with Crippen molar-refractivity contribution in [3.8, 4) is 10.6 Å². The topological polar surface area (TPSA) is 24.9 Å². The van der Waals surface area contributed by atoms with Crippen LogP contribution in [0.1, 0.15) is 50.3 Å². The van der Waals surface area contributed by atoms with E-state index in [1.54, 1.807) is 0 Å². The molecule has 1 N–H and O–H groups in total. The van der Waals surface area contributed by atoms with Crippen molar-refractivity contribution < 1.29 is 0 Å². The SMILES string of the molecule is CCCNCc1sc(-c2cccc(C)c2)nc1C(C)(C)C. The molecule has 2 rings (SSSR count). The molecule has 0 atom stereocenters. The number of aryl methyl sites for hydroxylation is 1. The quantitative estimate of drug-likeness (QED) is 0.793. The molecule has 0 fully saturated rings. The van der Waals surface area contributed by atoms with Crippen molar-refractivity contribution in [2.45, 2.75) is 53.0 Å². The van der Waals surface area contributed by atoms with Gasteiger partial charge in [-0.05, 0) is 26.0 Å². The summed E-state index contributed by atoms with van der Waals surface area (Å²) in [7, 11) is 0. The molecule has 0 aliphatic carbocycles. The molecular formula is C18H26N2S. The van der Waals surface area contributed by atoms with E-state index in [1.165, 1.54) is 21.7 Å². The molecule has 0 bridgehead atoms. The van der Waals surface area contributed by atoms with Crippen LogP contribution < -0.4 is 5.32 Å². The zero-order chi connectivity index (χ0) is 15.5. The standard InChI is InChI=1S/C18H26N2S/c1-6-10-19-12-15-16(18(3,4)5)20-17(21-15)14-9-7-8-13(2)11-14/h7-9,11,19H,6,10,12H2,1-5H3. The fraction of sp³-hybridized carbons (Fsp3) is 0.500. The Kier molecular flexibility index (Phi) is 5.17. The number of nitrogens with zero attached hydrogens (tertiary/aromatic N) is 1. The molecule has 21 heavy (non-hydrogen) atoms. The molecular weight excluding hydrogens is 276 g/mol. The first kappa shape index (κ1) is 16.2. The van der Waals surface area contributed by atoms with Crippen LogP contribution in [0.15, 0.2) is 24.3 Å². The molecule has 114 valence electrons. The molecule has 1 aromatic heterocycles. The van der Waals surface area contributed by atoms with E-state index >= 15 is 0 Å². The Morgan fingerprint density at radius 1 is 1.24 bits per heavy atom. The second-order valence-corrected chi connectivity index (χ2v) is 7.67. The Balaban J connectivity index is 2.36. The van der Waals surface area contributed by atoms with Gasteiger partial charge >= 0.3 is 0 Å². The van der Waals surface area contributed by atoms with Crippen molar-refractivity contribution in [1.29, 1.82) is 0 Å². The van der Waals surface area contributed by atoms with Crippen molar-refractivity contribution in [2.75, 3.05) is 6.54 Å². The van der Waals surface area contributed by atoms with Gasteiger partial charge in [-0.25, -0.2) is 4.98 Å². The highest BCUT2D eigenvalue weighted by molar-refractivity contribution is 7.15. The van der Waals surface area contributed by atoms with Crippen LogP contribution >= 0.6 is 11.3 Å². The lowest BCUT2D eigenvalue weighted by Gasteiger charge is -2.17. The van der Waals surface area contributed by atoms with Gasteiger partial charge < -0.3 is 5.32 Å². The van der Waals surface area contributed by atoms with E-state index in [-0.39, 0.29) is 5.41 Å². The van der Waals surface area contributed by atoms with E-state index in [2.05, 4.69) is 64.2 Å². The van der Waals surface area contributed by atoms with E-state index in [4.69, 9.17) is 4.98 Å². The first-order chi connectivity index (χ1) is 9.91. The molecule has 0 spiro atoms. The fourth-order valence-corrected chi connectivity index (χ4v) is 3.58. The van der Waals surface area contributed by atoms with Crippen molar-refractivity contribution in [2.24, 2.45) is 0 Å². The van der Waals surface area contributed by atoms with Gasteiger partial charge in [0, 0.05) is 22.4 Å². The molecule has 1 heterocycles. The van der Waals surface area contributed by atoms with Crippen molar-refractivity contribution in [3.05, 3.63) is 40.4 Å². The largest absolute Gasteiger partial charge is 0.312 e. The summed E-state index contributed by atoms with van der Waals surface area (Å²) in [6.07, 6.45) is 1.16.